The highest BCUT2D eigenvalue weighted by molar-refractivity contribution is 5.73. The van der Waals surface area contributed by atoms with Crippen molar-refractivity contribution in [2.45, 2.75) is 39.5 Å². The maximum Gasteiger partial charge on any atom is 0.264 e. The molecule has 0 unspecified atom stereocenters. The molecule has 3 heterocycles. The highest BCUT2D eigenvalue weighted by Gasteiger charge is 2.13. The van der Waals surface area contributed by atoms with Gasteiger partial charge in [0, 0.05) is 19.1 Å². The van der Waals surface area contributed by atoms with Crippen LogP contribution < -0.4 is 10.9 Å². The molecule has 0 spiro atoms. The molecule has 6 heteroatoms. The van der Waals surface area contributed by atoms with E-state index in [-0.39, 0.29) is 11.6 Å². The summed E-state index contributed by atoms with van der Waals surface area (Å²) in [6, 6.07) is 6.57. The lowest BCUT2D eigenvalue weighted by Gasteiger charge is -2.09. The molecule has 2 aromatic heterocycles. The first-order valence-electron chi connectivity index (χ1n) is 7.87. The lowest BCUT2D eigenvalue weighted by atomic mass is 10.1. The molecule has 1 aliphatic heterocycles. The molecule has 1 aliphatic rings. The Labute approximate surface area is 133 Å². The predicted molar refractivity (Wildman–Crippen MR) is 88.3 cm³/mol. The Kier molecular flexibility index (Phi) is 3.27. The van der Waals surface area contributed by atoms with Crippen LogP contribution in [0.5, 0.6) is 0 Å². The SMILES string of the molecule is CC(C)n1ncc2c(=O)n(Cc3ccc4c(c3)CNC4)cnc21. The smallest absolute Gasteiger partial charge is 0.264 e. The van der Waals surface area contributed by atoms with Crippen molar-refractivity contribution >= 4 is 11.0 Å². The fourth-order valence-electron chi connectivity index (χ4n) is 3.10. The van der Waals surface area contributed by atoms with Crippen molar-refractivity contribution in [2.75, 3.05) is 0 Å². The average Bonchev–Trinajstić information content (AvgIpc) is 3.16. The third kappa shape index (κ3) is 2.35. The maximum absolute atomic E-state index is 12.7. The van der Waals surface area contributed by atoms with E-state index in [2.05, 4.69) is 33.6 Å². The Morgan fingerprint density at radius 1 is 1.26 bits per heavy atom. The van der Waals surface area contributed by atoms with Crippen molar-refractivity contribution < 1.29 is 0 Å². The lowest BCUT2D eigenvalue weighted by molar-refractivity contribution is 0.545. The normalized spacial score (nSPS) is 13.9. The van der Waals surface area contributed by atoms with Crippen LogP contribution in [0.1, 0.15) is 36.6 Å². The Hall–Kier alpha value is -2.47. The highest BCUT2D eigenvalue weighted by Crippen LogP contribution is 2.18. The van der Waals surface area contributed by atoms with Crippen molar-refractivity contribution in [2.24, 2.45) is 0 Å². The zero-order valence-electron chi connectivity index (χ0n) is 13.3. The van der Waals surface area contributed by atoms with Gasteiger partial charge in [-0.3, -0.25) is 9.36 Å². The number of benzene rings is 1. The standard InChI is InChI=1S/C17H19N5O/c1-11(2)22-16-15(8-20-22)17(23)21(10-19-16)9-12-3-4-13-6-18-7-14(13)5-12/h3-5,8,10-11,18H,6-7,9H2,1-2H3. The molecule has 6 nitrogen and oxygen atoms in total. The van der Waals surface area contributed by atoms with Gasteiger partial charge >= 0.3 is 0 Å². The largest absolute Gasteiger partial charge is 0.309 e. The van der Waals surface area contributed by atoms with E-state index in [1.807, 2.05) is 13.8 Å². The van der Waals surface area contributed by atoms with E-state index in [0.29, 0.717) is 17.6 Å². The summed E-state index contributed by atoms with van der Waals surface area (Å²) in [5.74, 6) is 0. The summed E-state index contributed by atoms with van der Waals surface area (Å²) in [6.07, 6.45) is 3.24. The fourth-order valence-corrected chi connectivity index (χ4v) is 3.10. The molecule has 0 bridgehead atoms. The summed E-state index contributed by atoms with van der Waals surface area (Å²) in [5.41, 5.74) is 4.39. The average molecular weight is 309 g/mol. The van der Waals surface area contributed by atoms with E-state index in [0.717, 1.165) is 18.7 Å². The first-order chi connectivity index (χ1) is 11.1. The molecule has 23 heavy (non-hydrogen) atoms. The van der Waals surface area contributed by atoms with Gasteiger partial charge in [0.1, 0.15) is 11.7 Å². The number of hydrogen-bond acceptors (Lipinski definition) is 4. The topological polar surface area (TPSA) is 64.7 Å². The van der Waals surface area contributed by atoms with Gasteiger partial charge in [-0.25, -0.2) is 9.67 Å². The highest BCUT2D eigenvalue weighted by atomic mass is 16.1. The van der Waals surface area contributed by atoms with Gasteiger partial charge in [-0.1, -0.05) is 18.2 Å². The number of nitrogens with zero attached hydrogens (tertiary/aromatic N) is 4. The van der Waals surface area contributed by atoms with Crippen LogP contribution in [0.2, 0.25) is 0 Å². The quantitative estimate of drug-likeness (QED) is 0.801. The number of fused-ring (bicyclic) bond motifs is 2. The van der Waals surface area contributed by atoms with Gasteiger partial charge in [0.2, 0.25) is 0 Å². The molecular formula is C17H19N5O. The molecular weight excluding hydrogens is 290 g/mol. The van der Waals surface area contributed by atoms with Gasteiger partial charge in [0.15, 0.2) is 5.65 Å². The predicted octanol–water partition coefficient (Wildman–Crippen LogP) is 1.83. The second kappa shape index (κ2) is 5.31. The Balaban J connectivity index is 1.72. The third-order valence-corrected chi connectivity index (χ3v) is 4.32. The van der Waals surface area contributed by atoms with Crippen LogP contribution in [-0.2, 0) is 19.6 Å². The fraction of sp³-hybridized carbons (Fsp3) is 0.353. The van der Waals surface area contributed by atoms with E-state index in [1.165, 1.54) is 11.1 Å². The first kappa shape index (κ1) is 14.1. The molecule has 0 aliphatic carbocycles. The van der Waals surface area contributed by atoms with Gasteiger partial charge in [0.05, 0.1) is 12.7 Å². The van der Waals surface area contributed by atoms with Gasteiger partial charge in [-0.15, -0.1) is 0 Å². The van der Waals surface area contributed by atoms with E-state index < -0.39 is 0 Å². The van der Waals surface area contributed by atoms with Crippen molar-refractivity contribution in [3.63, 3.8) is 0 Å². The van der Waals surface area contributed by atoms with Gasteiger partial charge in [0.25, 0.3) is 5.56 Å². The molecule has 0 saturated heterocycles. The van der Waals surface area contributed by atoms with Crippen molar-refractivity contribution in [1.29, 1.82) is 0 Å². The summed E-state index contributed by atoms with van der Waals surface area (Å²) in [6.45, 7) is 6.41. The molecule has 0 saturated carbocycles. The van der Waals surface area contributed by atoms with Gasteiger partial charge in [-0.05, 0) is 30.5 Å². The van der Waals surface area contributed by atoms with Crippen molar-refractivity contribution in [1.82, 2.24) is 24.6 Å². The van der Waals surface area contributed by atoms with Crippen LogP contribution in [-0.4, -0.2) is 19.3 Å². The Morgan fingerprint density at radius 3 is 2.91 bits per heavy atom. The minimum Gasteiger partial charge on any atom is -0.309 e. The zero-order chi connectivity index (χ0) is 16.0. The van der Waals surface area contributed by atoms with E-state index in [1.54, 1.807) is 21.8 Å². The van der Waals surface area contributed by atoms with Crippen LogP contribution in [0.25, 0.3) is 11.0 Å². The minimum atomic E-state index is -0.0412. The van der Waals surface area contributed by atoms with Crippen LogP contribution in [0, 0.1) is 0 Å². The van der Waals surface area contributed by atoms with E-state index in [9.17, 15) is 4.79 Å². The van der Waals surface area contributed by atoms with E-state index in [4.69, 9.17) is 0 Å². The zero-order valence-corrected chi connectivity index (χ0v) is 13.3. The number of hydrogen-bond donors (Lipinski definition) is 1. The third-order valence-electron chi connectivity index (χ3n) is 4.32. The van der Waals surface area contributed by atoms with Crippen LogP contribution in [0.3, 0.4) is 0 Å². The molecule has 1 N–H and O–H groups in total. The van der Waals surface area contributed by atoms with Crippen molar-refractivity contribution in [3.05, 3.63) is 57.8 Å². The summed E-state index contributed by atoms with van der Waals surface area (Å²) in [7, 11) is 0. The van der Waals surface area contributed by atoms with Crippen molar-refractivity contribution in [3.8, 4) is 0 Å². The molecule has 118 valence electrons. The molecule has 0 amide bonds. The number of rotatable bonds is 3. The second-order valence-electron chi connectivity index (χ2n) is 6.30. The summed E-state index contributed by atoms with van der Waals surface area (Å²) >= 11 is 0. The minimum absolute atomic E-state index is 0.0412. The number of aromatic nitrogens is 4. The summed E-state index contributed by atoms with van der Waals surface area (Å²) < 4.78 is 3.43. The van der Waals surface area contributed by atoms with Crippen LogP contribution in [0.15, 0.2) is 35.5 Å². The maximum atomic E-state index is 12.7. The summed E-state index contributed by atoms with van der Waals surface area (Å²) in [4.78, 5) is 17.1. The molecule has 0 fully saturated rings. The monoisotopic (exact) mass is 309 g/mol. The van der Waals surface area contributed by atoms with Gasteiger partial charge in [-0.2, -0.15) is 5.10 Å². The first-order valence-corrected chi connectivity index (χ1v) is 7.87. The van der Waals surface area contributed by atoms with E-state index >= 15 is 0 Å². The lowest BCUT2D eigenvalue weighted by Crippen LogP contribution is -2.21. The van der Waals surface area contributed by atoms with Crippen LogP contribution in [0.4, 0.5) is 0 Å². The second-order valence-corrected chi connectivity index (χ2v) is 6.30. The molecule has 3 aromatic rings. The summed E-state index contributed by atoms with van der Waals surface area (Å²) in [5, 5.41) is 8.19. The van der Waals surface area contributed by atoms with Gasteiger partial charge < -0.3 is 5.32 Å². The molecule has 4 rings (SSSR count). The Bertz CT molecular complexity index is 938. The molecule has 0 atom stereocenters. The van der Waals surface area contributed by atoms with Crippen LogP contribution >= 0.6 is 0 Å². The Morgan fingerprint density at radius 2 is 2.09 bits per heavy atom. The number of nitrogens with one attached hydrogen (secondary N) is 1. The molecule has 0 radical (unpaired) electrons. The molecule has 1 aromatic carbocycles.